The standard InChI is InChI=1S/C26H26N4O4S2/c1-15-6-4-7-17(12-15)24-22(28-16(2)36-24)26(33)30-10-11-35-21(30)13-27-25(32)18-8-5-9-19-23(18)34-14-20(31)29(19)3/h4-9,12,21H,10-11,13-14H2,1-3H3,(H,27,32). The number of aromatic nitrogens is 1. The van der Waals surface area contributed by atoms with Gasteiger partial charge in [-0.1, -0.05) is 35.9 Å². The molecule has 1 fully saturated rings. The number of amides is 3. The molecule has 10 heteroatoms. The van der Waals surface area contributed by atoms with Gasteiger partial charge in [0.15, 0.2) is 12.4 Å². The van der Waals surface area contributed by atoms with Gasteiger partial charge in [0.2, 0.25) is 0 Å². The molecule has 0 aliphatic carbocycles. The molecule has 3 heterocycles. The third-order valence-corrected chi connectivity index (χ3v) is 8.46. The first kappa shape index (κ1) is 24.3. The molecule has 1 aromatic heterocycles. The number of nitrogens with zero attached hydrogens (tertiary/aromatic N) is 3. The Morgan fingerprint density at radius 3 is 2.81 bits per heavy atom. The number of thioether (sulfide) groups is 1. The quantitative estimate of drug-likeness (QED) is 0.549. The molecule has 0 radical (unpaired) electrons. The van der Waals surface area contributed by atoms with Crippen LogP contribution in [0.1, 0.15) is 31.4 Å². The maximum Gasteiger partial charge on any atom is 0.274 e. The minimum Gasteiger partial charge on any atom is -0.481 e. The van der Waals surface area contributed by atoms with Gasteiger partial charge in [-0.2, -0.15) is 0 Å². The van der Waals surface area contributed by atoms with Gasteiger partial charge in [-0.25, -0.2) is 4.98 Å². The Morgan fingerprint density at radius 1 is 1.19 bits per heavy atom. The van der Waals surface area contributed by atoms with Crippen molar-refractivity contribution in [2.75, 3.05) is 37.4 Å². The van der Waals surface area contributed by atoms with E-state index in [0.29, 0.717) is 29.2 Å². The summed E-state index contributed by atoms with van der Waals surface area (Å²) >= 11 is 3.15. The summed E-state index contributed by atoms with van der Waals surface area (Å²) in [5, 5.41) is 3.58. The molecular formula is C26H26N4O4S2. The van der Waals surface area contributed by atoms with E-state index in [1.165, 1.54) is 16.2 Å². The SMILES string of the molecule is Cc1cccc(-c2sc(C)nc2C(=O)N2CCSC2CNC(=O)c2cccc3c2OCC(=O)N3C)c1. The summed E-state index contributed by atoms with van der Waals surface area (Å²) in [5.41, 5.74) is 3.49. The second kappa shape index (κ2) is 9.94. The normalized spacial score (nSPS) is 17.1. The van der Waals surface area contributed by atoms with Crippen LogP contribution in [-0.2, 0) is 4.79 Å². The van der Waals surface area contributed by atoms with E-state index < -0.39 is 0 Å². The van der Waals surface area contributed by atoms with Gasteiger partial charge in [0.25, 0.3) is 17.7 Å². The minimum absolute atomic E-state index is 0.106. The van der Waals surface area contributed by atoms with Crippen LogP contribution in [0.3, 0.4) is 0 Å². The van der Waals surface area contributed by atoms with Gasteiger partial charge in [0.1, 0.15) is 5.69 Å². The first-order valence-electron chi connectivity index (χ1n) is 11.6. The number of benzene rings is 2. The number of thiazole rings is 1. The lowest BCUT2D eigenvalue weighted by Crippen LogP contribution is -2.42. The Balaban J connectivity index is 1.32. The van der Waals surface area contributed by atoms with E-state index in [9.17, 15) is 14.4 Å². The third-order valence-electron chi connectivity index (χ3n) is 6.22. The Labute approximate surface area is 217 Å². The lowest BCUT2D eigenvalue weighted by molar-refractivity contribution is -0.121. The highest BCUT2D eigenvalue weighted by Gasteiger charge is 2.34. The second-order valence-corrected chi connectivity index (χ2v) is 11.2. The average molecular weight is 523 g/mol. The molecule has 0 saturated carbocycles. The van der Waals surface area contributed by atoms with Gasteiger partial charge in [-0.15, -0.1) is 23.1 Å². The van der Waals surface area contributed by atoms with E-state index in [0.717, 1.165) is 26.8 Å². The molecule has 2 aliphatic heterocycles. The number of para-hydroxylation sites is 1. The molecule has 186 valence electrons. The molecule has 3 amide bonds. The summed E-state index contributed by atoms with van der Waals surface area (Å²) in [6, 6.07) is 13.2. The van der Waals surface area contributed by atoms with Gasteiger partial charge >= 0.3 is 0 Å². The van der Waals surface area contributed by atoms with Crippen molar-refractivity contribution in [1.82, 2.24) is 15.2 Å². The van der Waals surface area contributed by atoms with Crippen LogP contribution < -0.4 is 15.0 Å². The number of anilines is 1. The molecule has 0 bridgehead atoms. The van der Waals surface area contributed by atoms with E-state index in [4.69, 9.17) is 4.74 Å². The van der Waals surface area contributed by atoms with E-state index in [2.05, 4.69) is 16.4 Å². The van der Waals surface area contributed by atoms with E-state index in [1.807, 2.05) is 32.0 Å². The monoisotopic (exact) mass is 522 g/mol. The highest BCUT2D eigenvalue weighted by Crippen LogP contribution is 2.36. The molecule has 8 nitrogen and oxygen atoms in total. The highest BCUT2D eigenvalue weighted by atomic mass is 32.2. The number of fused-ring (bicyclic) bond motifs is 1. The van der Waals surface area contributed by atoms with Gasteiger partial charge in [0, 0.05) is 25.9 Å². The zero-order valence-electron chi connectivity index (χ0n) is 20.2. The summed E-state index contributed by atoms with van der Waals surface area (Å²) in [6.45, 7) is 4.70. The molecule has 2 aromatic carbocycles. The van der Waals surface area contributed by atoms with Crippen LogP contribution in [0, 0.1) is 13.8 Å². The van der Waals surface area contributed by atoms with E-state index in [1.54, 1.807) is 41.9 Å². The molecule has 1 unspecified atom stereocenters. The number of likely N-dealkylation sites (N-methyl/N-ethyl adjacent to an activating group) is 1. The first-order chi connectivity index (χ1) is 17.3. The molecule has 1 N–H and O–H groups in total. The number of nitrogens with one attached hydrogen (secondary N) is 1. The van der Waals surface area contributed by atoms with Crippen molar-refractivity contribution in [1.29, 1.82) is 0 Å². The van der Waals surface area contributed by atoms with Crippen molar-refractivity contribution >= 4 is 46.5 Å². The smallest absolute Gasteiger partial charge is 0.274 e. The van der Waals surface area contributed by atoms with Gasteiger partial charge < -0.3 is 19.9 Å². The van der Waals surface area contributed by atoms with Gasteiger partial charge in [-0.3, -0.25) is 14.4 Å². The molecule has 1 saturated heterocycles. The van der Waals surface area contributed by atoms with Crippen molar-refractivity contribution in [3.63, 3.8) is 0 Å². The van der Waals surface area contributed by atoms with E-state index >= 15 is 0 Å². The highest BCUT2D eigenvalue weighted by molar-refractivity contribution is 8.00. The number of carbonyl (C=O) groups is 3. The lowest BCUT2D eigenvalue weighted by atomic mass is 10.1. The Bertz CT molecular complexity index is 1360. The summed E-state index contributed by atoms with van der Waals surface area (Å²) in [4.78, 5) is 47.4. The topological polar surface area (TPSA) is 91.8 Å². The predicted octanol–water partition coefficient (Wildman–Crippen LogP) is 3.73. The Hall–Kier alpha value is -3.37. The summed E-state index contributed by atoms with van der Waals surface area (Å²) in [7, 11) is 1.66. The van der Waals surface area contributed by atoms with Crippen molar-refractivity contribution in [3.05, 3.63) is 64.3 Å². The molecule has 2 aliphatic rings. The zero-order chi connectivity index (χ0) is 25.4. The Morgan fingerprint density at radius 2 is 2.00 bits per heavy atom. The molecule has 0 spiro atoms. The minimum atomic E-state index is -0.306. The zero-order valence-corrected chi connectivity index (χ0v) is 21.9. The predicted molar refractivity (Wildman–Crippen MR) is 142 cm³/mol. The van der Waals surface area contributed by atoms with Crippen LogP contribution in [0.4, 0.5) is 5.69 Å². The largest absolute Gasteiger partial charge is 0.481 e. The van der Waals surface area contributed by atoms with Crippen molar-refractivity contribution in [2.24, 2.45) is 0 Å². The van der Waals surface area contributed by atoms with E-state index in [-0.39, 0.29) is 36.2 Å². The summed E-state index contributed by atoms with van der Waals surface area (Å²) in [6.07, 6.45) is 0. The number of carbonyl (C=O) groups excluding carboxylic acids is 3. The van der Waals surface area contributed by atoms with Crippen LogP contribution in [0.25, 0.3) is 10.4 Å². The Kier molecular flexibility index (Phi) is 6.72. The van der Waals surface area contributed by atoms with Gasteiger partial charge in [0.05, 0.1) is 26.5 Å². The maximum atomic E-state index is 13.6. The van der Waals surface area contributed by atoms with Gasteiger partial charge in [-0.05, 0) is 31.5 Å². The van der Waals surface area contributed by atoms with Crippen LogP contribution in [0.15, 0.2) is 42.5 Å². The summed E-state index contributed by atoms with van der Waals surface area (Å²) < 4.78 is 5.58. The van der Waals surface area contributed by atoms with Crippen LogP contribution >= 0.6 is 23.1 Å². The maximum absolute atomic E-state index is 13.6. The van der Waals surface area contributed by atoms with Crippen molar-refractivity contribution in [3.8, 4) is 16.2 Å². The fourth-order valence-corrected chi connectivity index (χ4v) is 6.44. The lowest BCUT2D eigenvalue weighted by Gasteiger charge is -2.27. The molecule has 1 atom stereocenters. The average Bonchev–Trinajstić information content (AvgIpc) is 3.50. The number of rotatable bonds is 5. The number of hydrogen-bond donors (Lipinski definition) is 1. The number of aryl methyl sites for hydroxylation is 2. The third kappa shape index (κ3) is 4.58. The molecule has 36 heavy (non-hydrogen) atoms. The second-order valence-electron chi connectivity index (χ2n) is 8.71. The molecule has 5 rings (SSSR count). The van der Waals surface area contributed by atoms with Crippen LogP contribution in [0.5, 0.6) is 5.75 Å². The number of ether oxygens (including phenoxy) is 1. The molecule has 3 aromatic rings. The van der Waals surface area contributed by atoms with Crippen molar-refractivity contribution < 1.29 is 19.1 Å². The summed E-state index contributed by atoms with van der Waals surface area (Å²) in [5.74, 6) is 0.579. The van der Waals surface area contributed by atoms with Crippen LogP contribution in [0.2, 0.25) is 0 Å². The fourth-order valence-electron chi connectivity index (χ4n) is 4.37. The number of hydrogen-bond acceptors (Lipinski definition) is 7. The molecular weight excluding hydrogens is 496 g/mol. The fraction of sp³-hybridized carbons (Fsp3) is 0.308. The van der Waals surface area contributed by atoms with Crippen LogP contribution in [-0.4, -0.2) is 65.5 Å². The first-order valence-corrected chi connectivity index (χ1v) is 13.5. The van der Waals surface area contributed by atoms with Crippen molar-refractivity contribution in [2.45, 2.75) is 19.2 Å².